The summed E-state index contributed by atoms with van der Waals surface area (Å²) in [5, 5.41) is 2.76. The molecule has 1 unspecified atom stereocenters. The van der Waals surface area contributed by atoms with Crippen LogP contribution in [0, 0.1) is 0 Å². The molecule has 0 bridgehead atoms. The van der Waals surface area contributed by atoms with Crippen LogP contribution in [0.4, 0.5) is 5.69 Å². The Morgan fingerprint density at radius 1 is 1.37 bits per heavy atom. The summed E-state index contributed by atoms with van der Waals surface area (Å²) in [7, 11) is 1.57. The first kappa shape index (κ1) is 21.5. The van der Waals surface area contributed by atoms with E-state index in [1.807, 2.05) is 6.26 Å². The molecule has 0 saturated carbocycles. The number of thioether (sulfide) groups is 1. The van der Waals surface area contributed by atoms with Crippen molar-refractivity contribution in [3.8, 4) is 5.88 Å². The number of rotatable bonds is 7. The Morgan fingerprint density at radius 2 is 2.17 bits per heavy atom. The van der Waals surface area contributed by atoms with E-state index in [9.17, 15) is 9.59 Å². The largest absolute Gasteiger partial charge is 0.476 e. The van der Waals surface area contributed by atoms with E-state index in [0.29, 0.717) is 23.9 Å². The maximum Gasteiger partial charge on any atom is 0.275 e. The van der Waals surface area contributed by atoms with Gasteiger partial charge in [-0.1, -0.05) is 0 Å². The molecule has 2 aromatic heterocycles. The zero-order valence-corrected chi connectivity index (χ0v) is 17.8. The fourth-order valence-electron chi connectivity index (χ4n) is 2.79. The number of anilines is 1. The molecule has 11 heteroatoms. The molecule has 10 nitrogen and oxygen atoms in total. The molecule has 3 heterocycles. The molecule has 158 valence electrons. The molecular formula is C19H23N7O3S. The second kappa shape index (κ2) is 9.08. The van der Waals surface area contributed by atoms with E-state index in [1.54, 1.807) is 44.1 Å². The van der Waals surface area contributed by atoms with E-state index in [2.05, 4.69) is 25.3 Å². The van der Waals surface area contributed by atoms with Gasteiger partial charge in [0, 0.05) is 24.7 Å². The molecule has 0 radical (unpaired) electrons. The molecule has 3 rings (SSSR count). The Balaban J connectivity index is 1.72. The maximum absolute atomic E-state index is 12.5. The van der Waals surface area contributed by atoms with Crippen molar-refractivity contribution in [2.45, 2.75) is 18.9 Å². The minimum absolute atomic E-state index is 0.123. The molecule has 2 aromatic rings. The van der Waals surface area contributed by atoms with Crippen molar-refractivity contribution in [3.63, 3.8) is 0 Å². The van der Waals surface area contributed by atoms with E-state index < -0.39 is 11.4 Å². The first-order valence-corrected chi connectivity index (χ1v) is 10.6. The summed E-state index contributed by atoms with van der Waals surface area (Å²) in [5.41, 5.74) is 6.11. The topological polar surface area (TPSA) is 136 Å². The number of nitrogens with zero attached hydrogens (tertiary/aromatic N) is 5. The van der Waals surface area contributed by atoms with Gasteiger partial charge in [-0.3, -0.25) is 19.5 Å². The van der Waals surface area contributed by atoms with Crippen molar-refractivity contribution in [2.75, 3.05) is 31.0 Å². The summed E-state index contributed by atoms with van der Waals surface area (Å²) < 4.78 is 5.43. The summed E-state index contributed by atoms with van der Waals surface area (Å²) in [5.74, 6) is 0.742. The van der Waals surface area contributed by atoms with Crippen LogP contribution in [0.15, 0.2) is 35.7 Å². The van der Waals surface area contributed by atoms with Crippen LogP contribution in [0.2, 0.25) is 0 Å². The highest BCUT2D eigenvalue weighted by Gasteiger charge is 2.37. The molecule has 0 spiro atoms. The van der Waals surface area contributed by atoms with Crippen molar-refractivity contribution in [2.24, 2.45) is 10.7 Å². The van der Waals surface area contributed by atoms with Gasteiger partial charge in [0.05, 0.1) is 31.1 Å². The number of nitrogens with one attached hydrogen (secondary N) is 1. The van der Waals surface area contributed by atoms with E-state index in [0.717, 1.165) is 5.75 Å². The third kappa shape index (κ3) is 4.85. The van der Waals surface area contributed by atoms with Crippen molar-refractivity contribution in [3.05, 3.63) is 42.1 Å². The van der Waals surface area contributed by atoms with Gasteiger partial charge in [-0.25, -0.2) is 15.0 Å². The van der Waals surface area contributed by atoms with E-state index in [1.165, 1.54) is 17.3 Å². The minimum atomic E-state index is -0.913. The predicted molar refractivity (Wildman–Crippen MR) is 114 cm³/mol. The number of ether oxygens (including phenoxy) is 1. The van der Waals surface area contributed by atoms with E-state index >= 15 is 0 Å². The zero-order valence-electron chi connectivity index (χ0n) is 17.0. The van der Waals surface area contributed by atoms with Crippen LogP contribution in [-0.4, -0.2) is 63.3 Å². The average Bonchev–Trinajstić information content (AvgIpc) is 2.73. The molecule has 0 fully saturated rings. The Hall–Kier alpha value is -3.21. The minimum Gasteiger partial charge on any atom is -0.476 e. The lowest BCUT2D eigenvalue weighted by Gasteiger charge is -2.32. The number of hydrogen-bond donors (Lipinski definition) is 2. The smallest absolute Gasteiger partial charge is 0.275 e. The SMILES string of the molecule is CSCCOc1cnc(C(=O)Nc2ccnc(C3(C)CC(=O)N(C)C(N)=N3)c2)cn1. The number of carbonyl (C=O) groups excluding carboxylic acids is 2. The Bertz CT molecular complexity index is 967. The van der Waals surface area contributed by atoms with Crippen LogP contribution in [0.3, 0.4) is 0 Å². The van der Waals surface area contributed by atoms with Crippen molar-refractivity contribution in [1.29, 1.82) is 0 Å². The monoisotopic (exact) mass is 429 g/mol. The number of pyridine rings is 1. The Labute approximate surface area is 178 Å². The van der Waals surface area contributed by atoms with Crippen LogP contribution in [0.25, 0.3) is 0 Å². The summed E-state index contributed by atoms with van der Waals surface area (Å²) in [6.07, 6.45) is 6.42. The van der Waals surface area contributed by atoms with Gasteiger partial charge in [-0.05, 0) is 25.3 Å². The molecule has 2 amide bonds. The molecule has 0 aromatic carbocycles. The lowest BCUT2D eigenvalue weighted by Crippen LogP contribution is -2.47. The second-order valence-corrected chi connectivity index (χ2v) is 7.82. The van der Waals surface area contributed by atoms with E-state index in [-0.39, 0.29) is 24.0 Å². The number of aromatic nitrogens is 3. The van der Waals surface area contributed by atoms with Gasteiger partial charge in [0.25, 0.3) is 5.91 Å². The third-order valence-electron chi connectivity index (χ3n) is 4.54. The van der Waals surface area contributed by atoms with Gasteiger partial charge in [-0.15, -0.1) is 0 Å². The molecule has 1 aliphatic rings. The third-order valence-corrected chi connectivity index (χ3v) is 5.12. The number of amides is 2. The fourth-order valence-corrected chi connectivity index (χ4v) is 3.04. The van der Waals surface area contributed by atoms with Gasteiger partial charge in [0.15, 0.2) is 5.96 Å². The Morgan fingerprint density at radius 3 is 2.83 bits per heavy atom. The highest BCUT2D eigenvalue weighted by molar-refractivity contribution is 7.98. The number of aliphatic imine (C=N–C) groups is 1. The van der Waals surface area contributed by atoms with Crippen molar-refractivity contribution in [1.82, 2.24) is 19.9 Å². The number of hydrogen-bond acceptors (Lipinski definition) is 9. The molecule has 0 aliphatic carbocycles. The number of carbonyl (C=O) groups is 2. The first-order chi connectivity index (χ1) is 14.3. The number of nitrogens with two attached hydrogens (primary N) is 1. The van der Waals surface area contributed by atoms with Crippen molar-refractivity contribution >= 4 is 35.2 Å². The van der Waals surface area contributed by atoms with Crippen molar-refractivity contribution < 1.29 is 14.3 Å². The maximum atomic E-state index is 12.5. The highest BCUT2D eigenvalue weighted by atomic mass is 32.2. The van der Waals surface area contributed by atoms with Gasteiger partial charge in [-0.2, -0.15) is 11.8 Å². The molecule has 0 saturated heterocycles. The van der Waals surface area contributed by atoms with Crippen LogP contribution >= 0.6 is 11.8 Å². The van der Waals surface area contributed by atoms with E-state index in [4.69, 9.17) is 10.5 Å². The van der Waals surface area contributed by atoms with Crippen LogP contribution in [-0.2, 0) is 10.3 Å². The van der Waals surface area contributed by atoms with Crippen LogP contribution < -0.4 is 15.8 Å². The second-order valence-electron chi connectivity index (χ2n) is 6.84. The lowest BCUT2D eigenvalue weighted by atomic mass is 9.91. The molecule has 1 aliphatic heterocycles. The summed E-state index contributed by atoms with van der Waals surface area (Å²) in [6.45, 7) is 2.30. The Kier molecular flexibility index (Phi) is 6.50. The standard InChI is InChI=1S/C19H23N7O3S/c1-19(9-16(27)26(2)18(20)25-19)14-8-12(4-5-21-14)24-17(28)13-10-23-15(11-22-13)29-6-7-30-3/h4-5,8,10-11H,6-7,9H2,1-3H3,(H2,20,25)(H,21,24,28). The molecule has 30 heavy (non-hydrogen) atoms. The highest BCUT2D eigenvalue weighted by Crippen LogP contribution is 2.32. The van der Waals surface area contributed by atoms with Gasteiger partial charge < -0.3 is 15.8 Å². The summed E-state index contributed by atoms with van der Waals surface area (Å²) >= 11 is 1.66. The normalized spacial score (nSPS) is 18.7. The molecule has 1 atom stereocenters. The number of guanidine groups is 1. The molecule has 3 N–H and O–H groups in total. The first-order valence-electron chi connectivity index (χ1n) is 9.16. The van der Waals surface area contributed by atoms with Crippen LogP contribution in [0.1, 0.15) is 29.5 Å². The quantitative estimate of drug-likeness (QED) is 0.628. The summed E-state index contributed by atoms with van der Waals surface area (Å²) in [6, 6.07) is 3.31. The predicted octanol–water partition coefficient (Wildman–Crippen LogP) is 1.26. The zero-order chi connectivity index (χ0) is 21.7. The van der Waals surface area contributed by atoms with Gasteiger partial charge in [0.2, 0.25) is 11.8 Å². The molecular weight excluding hydrogens is 406 g/mol. The van der Waals surface area contributed by atoms with Crippen LogP contribution in [0.5, 0.6) is 5.88 Å². The fraction of sp³-hybridized carbons (Fsp3) is 0.368. The van der Waals surface area contributed by atoms with Gasteiger partial charge in [0.1, 0.15) is 11.2 Å². The summed E-state index contributed by atoms with van der Waals surface area (Å²) in [4.78, 5) is 43.0. The lowest BCUT2D eigenvalue weighted by molar-refractivity contribution is -0.128. The van der Waals surface area contributed by atoms with Gasteiger partial charge >= 0.3 is 0 Å². The average molecular weight is 430 g/mol.